The average molecular weight is 309 g/mol. The number of anilines is 1. The molecule has 0 fully saturated rings. The molecule has 112 valence electrons. The predicted molar refractivity (Wildman–Crippen MR) is 78.9 cm³/mol. The van der Waals surface area contributed by atoms with E-state index in [1.807, 2.05) is 6.07 Å². The van der Waals surface area contributed by atoms with Crippen LogP contribution in [0.25, 0.3) is 0 Å². The summed E-state index contributed by atoms with van der Waals surface area (Å²) >= 11 is 0. The van der Waals surface area contributed by atoms with E-state index in [1.54, 1.807) is 20.0 Å². The summed E-state index contributed by atoms with van der Waals surface area (Å²) in [6, 6.07) is 6.28. The fourth-order valence-corrected chi connectivity index (χ4v) is 3.35. The number of nitrogens with zero attached hydrogens (tertiary/aromatic N) is 1. The van der Waals surface area contributed by atoms with Gasteiger partial charge in [-0.2, -0.15) is 0 Å². The molecule has 0 radical (unpaired) electrons. The number of benzene rings is 1. The van der Waals surface area contributed by atoms with Gasteiger partial charge in [-0.25, -0.2) is 12.8 Å². The number of pyridine rings is 1. The molecule has 2 aromatic rings. The van der Waals surface area contributed by atoms with Gasteiger partial charge in [0.15, 0.2) is 5.82 Å². The van der Waals surface area contributed by atoms with Crippen molar-refractivity contribution in [3.05, 3.63) is 53.6 Å². The van der Waals surface area contributed by atoms with Gasteiger partial charge in [-0.15, -0.1) is 0 Å². The minimum Gasteiger partial charge on any atom is -0.316 e. The van der Waals surface area contributed by atoms with Crippen molar-refractivity contribution < 1.29 is 12.8 Å². The molecule has 0 unspecified atom stereocenters. The molecule has 0 atom stereocenters. The maximum atomic E-state index is 13.5. The Labute approximate surface area is 123 Å². The summed E-state index contributed by atoms with van der Waals surface area (Å²) in [5.41, 5.74) is 1.38. The molecule has 0 saturated heterocycles. The minimum atomic E-state index is -3.85. The first kappa shape index (κ1) is 15.4. The second-order valence-corrected chi connectivity index (χ2v) is 6.18. The van der Waals surface area contributed by atoms with E-state index >= 15 is 0 Å². The summed E-state index contributed by atoms with van der Waals surface area (Å²) in [5, 5.41) is 2.98. The number of rotatable bonds is 5. The van der Waals surface area contributed by atoms with Gasteiger partial charge in [-0.1, -0.05) is 12.1 Å². The molecule has 0 saturated carbocycles. The second-order valence-electron chi connectivity index (χ2n) is 4.53. The third kappa shape index (κ3) is 3.37. The maximum Gasteiger partial charge on any atom is 0.262 e. The highest BCUT2D eigenvalue weighted by molar-refractivity contribution is 7.92. The molecular formula is C14H16FN3O2S. The summed E-state index contributed by atoms with van der Waals surface area (Å²) in [5.74, 6) is -0.717. The quantitative estimate of drug-likeness (QED) is 0.887. The van der Waals surface area contributed by atoms with Crippen LogP contribution in [0.4, 0.5) is 10.1 Å². The summed E-state index contributed by atoms with van der Waals surface area (Å²) in [6.45, 7) is 2.28. The van der Waals surface area contributed by atoms with E-state index in [2.05, 4.69) is 15.0 Å². The zero-order chi connectivity index (χ0) is 15.5. The molecular weight excluding hydrogens is 293 g/mol. The summed E-state index contributed by atoms with van der Waals surface area (Å²) in [6.07, 6.45) is 2.29. The van der Waals surface area contributed by atoms with E-state index in [-0.39, 0.29) is 10.6 Å². The molecule has 0 aliphatic rings. The smallest absolute Gasteiger partial charge is 0.262 e. The Morgan fingerprint density at radius 3 is 2.71 bits per heavy atom. The van der Waals surface area contributed by atoms with Crippen LogP contribution in [0.2, 0.25) is 0 Å². The lowest BCUT2D eigenvalue weighted by atomic mass is 10.1. The fraction of sp³-hybridized carbons (Fsp3) is 0.214. The van der Waals surface area contributed by atoms with Gasteiger partial charge < -0.3 is 5.32 Å². The molecule has 7 heteroatoms. The average Bonchev–Trinajstić information content (AvgIpc) is 2.43. The Morgan fingerprint density at radius 1 is 1.29 bits per heavy atom. The van der Waals surface area contributed by atoms with Gasteiger partial charge in [0.05, 0.1) is 16.8 Å². The van der Waals surface area contributed by atoms with Crippen molar-refractivity contribution in [3.8, 4) is 0 Å². The standard InChI is InChI=1S/C14H16FN3O2S/c1-10-11(8-16-2)4-3-5-14(10)21(19,20)18-13-6-7-17-9-12(13)15/h3-7,9,16H,8H2,1-2H3,(H,17,18). The van der Waals surface area contributed by atoms with Crippen LogP contribution in [0.3, 0.4) is 0 Å². The molecule has 0 aliphatic carbocycles. The van der Waals surface area contributed by atoms with Crippen molar-refractivity contribution in [3.63, 3.8) is 0 Å². The van der Waals surface area contributed by atoms with Crippen LogP contribution >= 0.6 is 0 Å². The highest BCUT2D eigenvalue weighted by Gasteiger charge is 2.19. The maximum absolute atomic E-state index is 13.5. The van der Waals surface area contributed by atoms with Crippen molar-refractivity contribution in [2.24, 2.45) is 0 Å². The van der Waals surface area contributed by atoms with E-state index in [4.69, 9.17) is 0 Å². The van der Waals surface area contributed by atoms with Crippen molar-refractivity contribution in [1.82, 2.24) is 10.3 Å². The van der Waals surface area contributed by atoms with Crippen molar-refractivity contribution in [1.29, 1.82) is 0 Å². The third-order valence-electron chi connectivity index (χ3n) is 3.07. The number of hydrogen-bond donors (Lipinski definition) is 2. The van der Waals surface area contributed by atoms with Crippen LogP contribution in [0.1, 0.15) is 11.1 Å². The molecule has 0 aliphatic heterocycles. The van der Waals surface area contributed by atoms with Crippen LogP contribution in [-0.2, 0) is 16.6 Å². The van der Waals surface area contributed by atoms with E-state index in [0.717, 1.165) is 11.8 Å². The van der Waals surface area contributed by atoms with Gasteiger partial charge >= 0.3 is 0 Å². The zero-order valence-electron chi connectivity index (χ0n) is 11.7. The Morgan fingerprint density at radius 2 is 2.05 bits per heavy atom. The first-order valence-electron chi connectivity index (χ1n) is 6.31. The topological polar surface area (TPSA) is 71.1 Å². The Kier molecular flexibility index (Phi) is 4.54. The first-order chi connectivity index (χ1) is 9.95. The molecule has 5 nitrogen and oxygen atoms in total. The largest absolute Gasteiger partial charge is 0.316 e. The molecule has 1 aromatic heterocycles. The Hall–Kier alpha value is -1.99. The van der Waals surface area contributed by atoms with Crippen molar-refractivity contribution >= 4 is 15.7 Å². The summed E-state index contributed by atoms with van der Waals surface area (Å²) in [4.78, 5) is 3.72. The number of nitrogens with one attached hydrogen (secondary N) is 2. The van der Waals surface area contributed by atoms with Crippen LogP contribution in [0.15, 0.2) is 41.6 Å². The monoisotopic (exact) mass is 309 g/mol. The van der Waals surface area contributed by atoms with Gasteiger partial charge in [-0.05, 0) is 37.2 Å². The van der Waals surface area contributed by atoms with Gasteiger partial charge in [0, 0.05) is 12.7 Å². The van der Waals surface area contributed by atoms with Gasteiger partial charge in [0.2, 0.25) is 0 Å². The fourth-order valence-electron chi connectivity index (χ4n) is 1.99. The van der Waals surface area contributed by atoms with Crippen molar-refractivity contribution in [2.45, 2.75) is 18.4 Å². The number of hydrogen-bond acceptors (Lipinski definition) is 4. The molecule has 0 spiro atoms. The summed E-state index contributed by atoms with van der Waals surface area (Å²) < 4.78 is 40.6. The summed E-state index contributed by atoms with van der Waals surface area (Å²) in [7, 11) is -2.07. The van der Waals surface area contributed by atoms with Gasteiger partial charge in [0.25, 0.3) is 10.0 Å². The molecule has 0 amide bonds. The predicted octanol–water partition coefficient (Wildman–Crippen LogP) is 2.05. The molecule has 21 heavy (non-hydrogen) atoms. The highest BCUT2D eigenvalue weighted by atomic mass is 32.2. The third-order valence-corrected chi connectivity index (χ3v) is 4.58. The number of halogens is 1. The van der Waals surface area contributed by atoms with Crippen molar-refractivity contribution in [2.75, 3.05) is 11.8 Å². The normalized spacial score (nSPS) is 11.4. The highest BCUT2D eigenvalue weighted by Crippen LogP contribution is 2.22. The lowest BCUT2D eigenvalue weighted by Crippen LogP contribution is -2.17. The molecule has 1 heterocycles. The molecule has 1 aromatic carbocycles. The van der Waals surface area contributed by atoms with E-state index in [9.17, 15) is 12.8 Å². The second kappa shape index (κ2) is 6.19. The molecule has 2 N–H and O–H groups in total. The van der Waals surface area contributed by atoms with Crippen LogP contribution in [0, 0.1) is 12.7 Å². The first-order valence-corrected chi connectivity index (χ1v) is 7.79. The SMILES string of the molecule is CNCc1cccc(S(=O)(=O)Nc2ccncc2F)c1C. The van der Waals surface area contributed by atoms with E-state index in [1.165, 1.54) is 18.3 Å². The molecule has 2 rings (SSSR count). The number of sulfonamides is 1. The van der Waals surface area contributed by atoms with Crippen LogP contribution < -0.4 is 10.0 Å². The minimum absolute atomic E-state index is 0.122. The van der Waals surface area contributed by atoms with E-state index in [0.29, 0.717) is 12.1 Å². The van der Waals surface area contributed by atoms with Crippen LogP contribution in [-0.4, -0.2) is 20.4 Å². The molecule has 0 bridgehead atoms. The number of aromatic nitrogens is 1. The Bertz CT molecular complexity index is 748. The Balaban J connectivity index is 2.41. The zero-order valence-corrected chi connectivity index (χ0v) is 12.5. The lowest BCUT2D eigenvalue weighted by molar-refractivity contribution is 0.597. The van der Waals surface area contributed by atoms with Crippen LogP contribution in [0.5, 0.6) is 0 Å². The van der Waals surface area contributed by atoms with Gasteiger partial charge in [0.1, 0.15) is 0 Å². The van der Waals surface area contributed by atoms with Gasteiger partial charge in [-0.3, -0.25) is 9.71 Å². The van der Waals surface area contributed by atoms with E-state index < -0.39 is 15.8 Å². The lowest BCUT2D eigenvalue weighted by Gasteiger charge is -2.13.